The molecule has 0 aromatic carbocycles. The van der Waals surface area contributed by atoms with Crippen LogP contribution >= 0.6 is 0 Å². The van der Waals surface area contributed by atoms with Crippen LogP contribution in [0.4, 0.5) is 0 Å². The molecular formula is C7H17N3O2S. The zero-order chi connectivity index (χ0) is 9.90. The molecule has 1 aliphatic carbocycles. The van der Waals surface area contributed by atoms with Crippen molar-refractivity contribution >= 4 is 10.2 Å². The summed E-state index contributed by atoms with van der Waals surface area (Å²) in [6, 6.07) is 0.0119. The molecule has 1 aliphatic rings. The summed E-state index contributed by atoms with van der Waals surface area (Å²) in [6.45, 7) is 0.697. The lowest BCUT2D eigenvalue weighted by Gasteiger charge is -2.27. The summed E-state index contributed by atoms with van der Waals surface area (Å²) in [5, 5.41) is 4.87. The largest absolute Gasteiger partial charge is 0.330 e. The van der Waals surface area contributed by atoms with Crippen LogP contribution in [0.2, 0.25) is 0 Å². The van der Waals surface area contributed by atoms with Crippen molar-refractivity contribution < 1.29 is 8.42 Å². The first-order chi connectivity index (χ1) is 6.01. The Balaban J connectivity index is 2.33. The molecule has 0 atom stereocenters. The quantitative estimate of drug-likeness (QED) is 0.570. The molecule has 0 aromatic rings. The standard InChI is InChI=1S/C7H17N3O2S/c8-5-6-1-3-7(4-2-6)10-13(9,11)12/h6-7,10H,1-5,8H2,(H2,9,11,12). The van der Waals surface area contributed by atoms with Gasteiger partial charge in [-0.25, -0.2) is 5.14 Å². The molecular weight excluding hydrogens is 190 g/mol. The molecule has 6 heteroatoms. The minimum absolute atomic E-state index is 0.0119. The summed E-state index contributed by atoms with van der Waals surface area (Å²) in [4.78, 5) is 0. The topological polar surface area (TPSA) is 98.2 Å². The highest BCUT2D eigenvalue weighted by Crippen LogP contribution is 2.23. The van der Waals surface area contributed by atoms with E-state index in [4.69, 9.17) is 10.9 Å². The molecule has 78 valence electrons. The van der Waals surface area contributed by atoms with Crippen LogP contribution in [0.15, 0.2) is 0 Å². The zero-order valence-electron chi connectivity index (χ0n) is 7.57. The van der Waals surface area contributed by atoms with E-state index in [-0.39, 0.29) is 6.04 Å². The molecule has 0 aromatic heterocycles. The van der Waals surface area contributed by atoms with Gasteiger partial charge in [0.1, 0.15) is 0 Å². The van der Waals surface area contributed by atoms with Gasteiger partial charge in [-0.2, -0.15) is 13.1 Å². The number of rotatable bonds is 3. The van der Waals surface area contributed by atoms with Crippen LogP contribution < -0.4 is 15.6 Å². The van der Waals surface area contributed by atoms with Crippen molar-refractivity contribution in [3.8, 4) is 0 Å². The molecule has 1 rings (SSSR count). The molecule has 0 bridgehead atoms. The highest BCUT2D eigenvalue weighted by molar-refractivity contribution is 7.87. The molecule has 0 unspecified atom stereocenters. The smallest absolute Gasteiger partial charge is 0.274 e. The van der Waals surface area contributed by atoms with Crippen LogP contribution in [0.5, 0.6) is 0 Å². The van der Waals surface area contributed by atoms with E-state index >= 15 is 0 Å². The molecule has 1 fully saturated rings. The van der Waals surface area contributed by atoms with E-state index in [1.165, 1.54) is 0 Å². The third-order valence-corrected chi connectivity index (χ3v) is 3.17. The first-order valence-electron chi connectivity index (χ1n) is 4.51. The molecule has 0 aliphatic heterocycles. The lowest BCUT2D eigenvalue weighted by molar-refractivity contribution is 0.319. The Hall–Kier alpha value is -0.170. The summed E-state index contributed by atoms with van der Waals surface area (Å²) >= 11 is 0. The average Bonchev–Trinajstić information content (AvgIpc) is 2.03. The summed E-state index contributed by atoms with van der Waals surface area (Å²) in [5.74, 6) is 0.554. The molecule has 5 N–H and O–H groups in total. The molecule has 0 radical (unpaired) electrons. The maximum absolute atomic E-state index is 10.7. The van der Waals surface area contributed by atoms with Gasteiger partial charge >= 0.3 is 0 Å². The number of hydrogen-bond acceptors (Lipinski definition) is 3. The molecule has 0 saturated heterocycles. The van der Waals surface area contributed by atoms with E-state index in [9.17, 15) is 8.42 Å². The van der Waals surface area contributed by atoms with Gasteiger partial charge in [-0.3, -0.25) is 0 Å². The zero-order valence-corrected chi connectivity index (χ0v) is 8.39. The van der Waals surface area contributed by atoms with Gasteiger partial charge in [0, 0.05) is 6.04 Å². The molecule has 5 nitrogen and oxygen atoms in total. The fourth-order valence-electron chi connectivity index (χ4n) is 1.75. The molecule has 13 heavy (non-hydrogen) atoms. The highest BCUT2D eigenvalue weighted by atomic mass is 32.2. The Bertz CT molecular complexity index is 244. The third kappa shape index (κ3) is 4.04. The Morgan fingerprint density at radius 3 is 2.15 bits per heavy atom. The van der Waals surface area contributed by atoms with Gasteiger partial charge in [0.2, 0.25) is 0 Å². The summed E-state index contributed by atoms with van der Waals surface area (Å²) in [5.41, 5.74) is 5.51. The Morgan fingerprint density at radius 1 is 1.23 bits per heavy atom. The van der Waals surface area contributed by atoms with Gasteiger partial charge in [-0.15, -0.1) is 0 Å². The SMILES string of the molecule is NCC1CCC(NS(N)(=O)=O)CC1. The van der Waals surface area contributed by atoms with Gasteiger partial charge in [-0.1, -0.05) is 0 Å². The van der Waals surface area contributed by atoms with E-state index in [1.807, 2.05) is 0 Å². The average molecular weight is 207 g/mol. The third-order valence-electron chi connectivity index (χ3n) is 2.51. The van der Waals surface area contributed by atoms with Crippen molar-refractivity contribution in [3.05, 3.63) is 0 Å². The number of hydrogen-bond donors (Lipinski definition) is 3. The van der Waals surface area contributed by atoms with Gasteiger partial charge in [0.05, 0.1) is 0 Å². The van der Waals surface area contributed by atoms with Crippen LogP contribution in [0, 0.1) is 5.92 Å². The van der Waals surface area contributed by atoms with Gasteiger partial charge < -0.3 is 5.73 Å². The van der Waals surface area contributed by atoms with Gasteiger partial charge in [0.25, 0.3) is 10.2 Å². The van der Waals surface area contributed by atoms with Gasteiger partial charge in [0.15, 0.2) is 0 Å². The lowest BCUT2D eigenvalue weighted by atomic mass is 9.87. The first kappa shape index (κ1) is 10.9. The van der Waals surface area contributed by atoms with E-state index in [0.717, 1.165) is 25.7 Å². The predicted molar refractivity (Wildman–Crippen MR) is 51.0 cm³/mol. The Morgan fingerprint density at radius 2 is 1.77 bits per heavy atom. The second kappa shape index (κ2) is 4.36. The van der Waals surface area contributed by atoms with Crippen molar-refractivity contribution in [1.29, 1.82) is 0 Å². The van der Waals surface area contributed by atoms with E-state index < -0.39 is 10.2 Å². The normalized spacial score (nSPS) is 30.3. The van der Waals surface area contributed by atoms with Crippen LogP contribution in [-0.2, 0) is 10.2 Å². The lowest BCUT2D eigenvalue weighted by Crippen LogP contribution is -2.41. The fraction of sp³-hybridized carbons (Fsp3) is 1.00. The van der Waals surface area contributed by atoms with Crippen LogP contribution in [0.1, 0.15) is 25.7 Å². The van der Waals surface area contributed by atoms with E-state index in [0.29, 0.717) is 12.5 Å². The Labute approximate surface area is 79.0 Å². The minimum atomic E-state index is -3.53. The van der Waals surface area contributed by atoms with Crippen LogP contribution in [0.25, 0.3) is 0 Å². The minimum Gasteiger partial charge on any atom is -0.330 e. The summed E-state index contributed by atoms with van der Waals surface area (Å²) in [7, 11) is -3.53. The van der Waals surface area contributed by atoms with Crippen LogP contribution in [0.3, 0.4) is 0 Å². The summed E-state index contributed by atoms with van der Waals surface area (Å²) in [6.07, 6.45) is 3.67. The molecule has 0 spiro atoms. The van der Waals surface area contributed by atoms with Crippen LogP contribution in [-0.4, -0.2) is 21.0 Å². The second-order valence-electron chi connectivity index (χ2n) is 3.62. The number of nitrogens with one attached hydrogen (secondary N) is 1. The maximum Gasteiger partial charge on any atom is 0.274 e. The van der Waals surface area contributed by atoms with Gasteiger partial charge in [-0.05, 0) is 38.1 Å². The summed E-state index contributed by atoms with van der Waals surface area (Å²) < 4.78 is 23.8. The van der Waals surface area contributed by atoms with Crippen molar-refractivity contribution in [1.82, 2.24) is 4.72 Å². The van der Waals surface area contributed by atoms with Crippen molar-refractivity contribution in [2.75, 3.05) is 6.54 Å². The molecule has 0 heterocycles. The first-order valence-corrected chi connectivity index (χ1v) is 6.06. The van der Waals surface area contributed by atoms with E-state index in [1.54, 1.807) is 0 Å². The predicted octanol–water partition coefficient (Wildman–Crippen LogP) is -0.703. The highest BCUT2D eigenvalue weighted by Gasteiger charge is 2.22. The number of nitrogens with two attached hydrogens (primary N) is 2. The van der Waals surface area contributed by atoms with Crippen molar-refractivity contribution in [2.24, 2.45) is 16.8 Å². The van der Waals surface area contributed by atoms with E-state index in [2.05, 4.69) is 4.72 Å². The maximum atomic E-state index is 10.7. The molecule has 1 saturated carbocycles. The Kier molecular flexibility index (Phi) is 3.66. The van der Waals surface area contributed by atoms with Crippen molar-refractivity contribution in [3.63, 3.8) is 0 Å². The second-order valence-corrected chi connectivity index (χ2v) is 4.94. The monoisotopic (exact) mass is 207 g/mol. The fourth-order valence-corrected chi connectivity index (χ4v) is 2.45. The molecule has 0 amide bonds. The van der Waals surface area contributed by atoms with Crippen molar-refractivity contribution in [2.45, 2.75) is 31.7 Å².